The van der Waals surface area contributed by atoms with Gasteiger partial charge in [-0.2, -0.15) is 13.2 Å². The van der Waals surface area contributed by atoms with E-state index in [1.54, 1.807) is 7.11 Å². The fraction of sp³-hybridized carbons (Fsp3) is 0.294. The Morgan fingerprint density at radius 1 is 1.20 bits per heavy atom. The molecule has 0 spiro atoms. The average Bonchev–Trinajstić information content (AvgIpc) is 2.60. The van der Waals surface area contributed by atoms with Gasteiger partial charge in [-0.25, -0.2) is 4.98 Å². The summed E-state index contributed by atoms with van der Waals surface area (Å²) in [5.74, 6) is 0.675. The molecule has 0 aliphatic rings. The van der Waals surface area contributed by atoms with Crippen molar-refractivity contribution in [3.63, 3.8) is 0 Å². The molecule has 0 fully saturated rings. The number of hydrogen-bond acceptors (Lipinski definition) is 4. The lowest BCUT2D eigenvalue weighted by molar-refractivity contribution is -0.137. The van der Waals surface area contributed by atoms with Crippen molar-refractivity contribution in [2.24, 2.45) is 0 Å². The quantitative estimate of drug-likeness (QED) is 0.757. The number of aromatic nitrogens is 1. The van der Waals surface area contributed by atoms with Crippen molar-refractivity contribution >= 4 is 17.7 Å². The maximum absolute atomic E-state index is 12.4. The number of hydrogen-bond donors (Lipinski definition) is 1. The van der Waals surface area contributed by atoms with Crippen molar-refractivity contribution in [3.05, 3.63) is 53.7 Å². The van der Waals surface area contributed by atoms with Crippen LogP contribution in [0.5, 0.6) is 5.75 Å². The molecule has 0 radical (unpaired) electrons. The molecule has 1 aromatic heterocycles. The number of rotatable bonds is 7. The van der Waals surface area contributed by atoms with Crippen molar-refractivity contribution < 1.29 is 22.7 Å². The van der Waals surface area contributed by atoms with E-state index in [-0.39, 0.29) is 11.7 Å². The Hall–Kier alpha value is -2.22. The van der Waals surface area contributed by atoms with E-state index < -0.39 is 11.7 Å². The highest BCUT2D eigenvalue weighted by Gasteiger charge is 2.30. The van der Waals surface area contributed by atoms with Crippen LogP contribution in [0.25, 0.3) is 0 Å². The first-order chi connectivity index (χ1) is 11.9. The Kier molecular flexibility index (Phi) is 6.69. The first-order valence-corrected chi connectivity index (χ1v) is 8.43. The van der Waals surface area contributed by atoms with Gasteiger partial charge in [0, 0.05) is 12.7 Å². The zero-order valence-corrected chi connectivity index (χ0v) is 14.3. The normalized spacial score (nSPS) is 11.2. The third kappa shape index (κ3) is 6.30. The third-order valence-electron chi connectivity index (χ3n) is 3.31. The Bertz CT molecular complexity index is 689. The molecule has 0 unspecified atom stereocenters. The van der Waals surface area contributed by atoms with Crippen LogP contribution in [0.15, 0.2) is 47.6 Å². The van der Waals surface area contributed by atoms with Gasteiger partial charge in [-0.1, -0.05) is 23.9 Å². The number of carbonyl (C=O) groups excluding carboxylic acids is 1. The molecule has 2 aromatic rings. The van der Waals surface area contributed by atoms with Crippen molar-refractivity contribution in [1.29, 1.82) is 0 Å². The molecule has 1 N–H and O–H groups in total. The van der Waals surface area contributed by atoms with Gasteiger partial charge < -0.3 is 10.1 Å². The number of ether oxygens (including phenoxy) is 1. The van der Waals surface area contributed by atoms with Crippen molar-refractivity contribution in [1.82, 2.24) is 10.3 Å². The Morgan fingerprint density at radius 2 is 1.92 bits per heavy atom. The van der Waals surface area contributed by atoms with Crippen LogP contribution in [0.1, 0.15) is 11.1 Å². The summed E-state index contributed by atoms with van der Waals surface area (Å²) < 4.78 is 42.4. The summed E-state index contributed by atoms with van der Waals surface area (Å²) in [7, 11) is 1.60. The molecule has 8 heteroatoms. The van der Waals surface area contributed by atoms with Crippen LogP contribution in [0, 0.1) is 0 Å². The molecule has 0 aliphatic heterocycles. The molecule has 25 heavy (non-hydrogen) atoms. The summed E-state index contributed by atoms with van der Waals surface area (Å²) >= 11 is 1.09. The molecule has 1 amide bonds. The molecule has 0 saturated carbocycles. The van der Waals surface area contributed by atoms with E-state index in [1.165, 1.54) is 6.07 Å². The second-order valence-corrected chi connectivity index (χ2v) is 6.12. The van der Waals surface area contributed by atoms with E-state index in [2.05, 4.69) is 10.3 Å². The Morgan fingerprint density at radius 3 is 2.48 bits per heavy atom. The number of alkyl halides is 3. The highest BCUT2D eigenvalue weighted by Crippen LogP contribution is 2.29. The van der Waals surface area contributed by atoms with Gasteiger partial charge in [-0.3, -0.25) is 4.79 Å². The van der Waals surface area contributed by atoms with Crippen LogP contribution >= 0.6 is 11.8 Å². The first kappa shape index (κ1) is 19.1. The van der Waals surface area contributed by atoms with E-state index in [9.17, 15) is 18.0 Å². The summed E-state index contributed by atoms with van der Waals surface area (Å²) in [5, 5.41) is 3.14. The average molecular weight is 370 g/mol. The van der Waals surface area contributed by atoms with Gasteiger partial charge in [0.15, 0.2) is 0 Å². The Balaban J connectivity index is 1.71. The summed E-state index contributed by atoms with van der Waals surface area (Å²) in [4.78, 5) is 15.5. The van der Waals surface area contributed by atoms with Crippen LogP contribution < -0.4 is 10.1 Å². The molecule has 0 saturated heterocycles. The second-order valence-electron chi connectivity index (χ2n) is 5.12. The number of nitrogens with one attached hydrogen (secondary N) is 1. The number of nitrogens with zero attached hydrogens (tertiary/aromatic N) is 1. The van der Waals surface area contributed by atoms with Gasteiger partial charge >= 0.3 is 6.18 Å². The minimum atomic E-state index is -4.41. The predicted octanol–water partition coefficient (Wildman–Crippen LogP) is 3.56. The molecular formula is C17H17F3N2O2S. The molecule has 1 aromatic carbocycles. The first-order valence-electron chi connectivity index (χ1n) is 7.44. The van der Waals surface area contributed by atoms with Gasteiger partial charge in [0.1, 0.15) is 5.75 Å². The van der Waals surface area contributed by atoms with Crippen LogP contribution in [-0.2, 0) is 17.4 Å². The molecule has 0 bridgehead atoms. The molecular weight excluding hydrogens is 353 g/mol. The molecule has 134 valence electrons. The summed E-state index contributed by atoms with van der Waals surface area (Å²) in [6, 6.07) is 9.76. The molecule has 1 heterocycles. The van der Waals surface area contributed by atoms with Gasteiger partial charge in [-0.05, 0) is 36.2 Å². The SMILES string of the molecule is COc1ccc(CCNC(=O)CSc2ccc(C(F)(F)F)cn2)cc1. The van der Waals surface area contributed by atoms with Crippen LogP contribution in [0.2, 0.25) is 0 Å². The number of carbonyl (C=O) groups is 1. The van der Waals surface area contributed by atoms with Gasteiger partial charge in [0.2, 0.25) is 5.91 Å². The fourth-order valence-electron chi connectivity index (χ4n) is 1.96. The van der Waals surface area contributed by atoms with Crippen molar-refractivity contribution in [2.75, 3.05) is 19.4 Å². The van der Waals surface area contributed by atoms with Crippen LogP contribution in [-0.4, -0.2) is 30.3 Å². The second kappa shape index (κ2) is 8.75. The molecule has 4 nitrogen and oxygen atoms in total. The van der Waals surface area contributed by atoms with E-state index in [4.69, 9.17) is 4.74 Å². The Labute approximate surface area is 147 Å². The number of methoxy groups -OCH3 is 1. The zero-order valence-electron chi connectivity index (χ0n) is 13.5. The maximum atomic E-state index is 12.4. The van der Waals surface area contributed by atoms with E-state index in [1.807, 2.05) is 24.3 Å². The fourth-order valence-corrected chi connectivity index (χ4v) is 2.63. The van der Waals surface area contributed by atoms with Crippen molar-refractivity contribution in [2.45, 2.75) is 17.6 Å². The third-order valence-corrected chi connectivity index (χ3v) is 4.25. The largest absolute Gasteiger partial charge is 0.497 e. The summed E-state index contributed by atoms with van der Waals surface area (Å²) in [5.41, 5.74) is 0.263. The van der Waals surface area contributed by atoms with Crippen LogP contribution in [0.3, 0.4) is 0 Å². The van der Waals surface area contributed by atoms with E-state index >= 15 is 0 Å². The lowest BCUT2D eigenvalue weighted by atomic mass is 10.1. The summed E-state index contributed by atoms with van der Waals surface area (Å²) in [6.07, 6.45) is -2.96. The zero-order chi connectivity index (χ0) is 18.3. The lowest BCUT2D eigenvalue weighted by Crippen LogP contribution is -2.27. The highest BCUT2D eigenvalue weighted by atomic mass is 32.2. The van der Waals surface area contributed by atoms with Crippen molar-refractivity contribution in [3.8, 4) is 5.75 Å². The monoisotopic (exact) mass is 370 g/mol. The minimum absolute atomic E-state index is 0.0982. The molecule has 0 aliphatic carbocycles. The number of thioether (sulfide) groups is 1. The number of halogens is 3. The van der Waals surface area contributed by atoms with E-state index in [0.29, 0.717) is 18.0 Å². The maximum Gasteiger partial charge on any atom is 0.417 e. The van der Waals surface area contributed by atoms with Gasteiger partial charge in [0.05, 0.1) is 23.5 Å². The topological polar surface area (TPSA) is 51.2 Å². The van der Waals surface area contributed by atoms with Crippen LogP contribution in [0.4, 0.5) is 13.2 Å². The van der Waals surface area contributed by atoms with E-state index in [0.717, 1.165) is 35.3 Å². The number of pyridine rings is 1. The highest BCUT2D eigenvalue weighted by molar-refractivity contribution is 7.99. The van der Waals surface area contributed by atoms with Gasteiger partial charge in [0.25, 0.3) is 0 Å². The predicted molar refractivity (Wildman–Crippen MR) is 89.7 cm³/mol. The standard InChI is InChI=1S/C17H17F3N2O2S/c1-24-14-5-2-12(3-6-14)8-9-21-15(23)11-25-16-7-4-13(10-22-16)17(18,19)20/h2-7,10H,8-9,11H2,1H3,(H,21,23). The molecule has 0 atom stereocenters. The number of benzene rings is 1. The molecule has 2 rings (SSSR count). The lowest BCUT2D eigenvalue weighted by Gasteiger charge is -2.07. The minimum Gasteiger partial charge on any atom is -0.497 e. The number of amides is 1. The van der Waals surface area contributed by atoms with Gasteiger partial charge in [-0.15, -0.1) is 0 Å². The summed E-state index contributed by atoms with van der Waals surface area (Å²) in [6.45, 7) is 0.478. The smallest absolute Gasteiger partial charge is 0.417 e.